The van der Waals surface area contributed by atoms with Crippen molar-refractivity contribution in [1.29, 1.82) is 0 Å². The highest BCUT2D eigenvalue weighted by atomic mass is 35.5. The average Bonchev–Trinajstić information content (AvgIpc) is 3.17. The van der Waals surface area contributed by atoms with E-state index in [9.17, 15) is 27.9 Å². The molecule has 0 saturated heterocycles. The van der Waals surface area contributed by atoms with Crippen molar-refractivity contribution in [2.75, 3.05) is 6.61 Å². The zero-order valence-corrected chi connectivity index (χ0v) is 19.1. The maximum absolute atomic E-state index is 13.6. The number of amides is 1. The van der Waals surface area contributed by atoms with Crippen molar-refractivity contribution in [3.8, 4) is 5.75 Å². The number of carboxylic acid groups (broad SMARTS) is 1. The number of alkyl halides is 3. The van der Waals surface area contributed by atoms with Gasteiger partial charge in [-0.05, 0) is 53.4 Å². The van der Waals surface area contributed by atoms with Gasteiger partial charge in [-0.25, -0.2) is 0 Å². The molecule has 0 fully saturated rings. The molecule has 9 heteroatoms. The van der Waals surface area contributed by atoms with Gasteiger partial charge < -0.3 is 15.2 Å². The molecular formula is C26H21ClF3NO4. The Morgan fingerprint density at radius 1 is 1.06 bits per heavy atom. The summed E-state index contributed by atoms with van der Waals surface area (Å²) in [5.41, 5.74) is 1.21. The Morgan fingerprint density at radius 3 is 2.54 bits per heavy atom. The third-order valence-electron chi connectivity index (χ3n) is 5.92. The van der Waals surface area contributed by atoms with Crippen LogP contribution in [0.3, 0.4) is 0 Å². The number of fused-ring (bicyclic) bond motifs is 1. The summed E-state index contributed by atoms with van der Waals surface area (Å²) in [7, 11) is 0. The van der Waals surface area contributed by atoms with E-state index in [1.165, 1.54) is 0 Å². The lowest BCUT2D eigenvalue weighted by molar-refractivity contribution is -0.142. The van der Waals surface area contributed by atoms with E-state index in [0.29, 0.717) is 17.0 Å². The van der Waals surface area contributed by atoms with Crippen LogP contribution in [0.5, 0.6) is 5.75 Å². The Balaban J connectivity index is 1.55. The van der Waals surface area contributed by atoms with Gasteiger partial charge in [0, 0.05) is 17.0 Å². The Kier molecular flexibility index (Phi) is 7.03. The summed E-state index contributed by atoms with van der Waals surface area (Å²) in [4.78, 5) is 24.7. The fourth-order valence-electron chi connectivity index (χ4n) is 4.22. The molecule has 35 heavy (non-hydrogen) atoms. The molecule has 0 radical (unpaired) electrons. The monoisotopic (exact) mass is 503 g/mol. The summed E-state index contributed by atoms with van der Waals surface area (Å²) < 4.78 is 46.1. The number of aliphatic carboxylic acids is 1. The van der Waals surface area contributed by atoms with Gasteiger partial charge in [-0.3, -0.25) is 9.59 Å². The highest BCUT2D eigenvalue weighted by Crippen LogP contribution is 2.38. The maximum atomic E-state index is 13.6. The van der Waals surface area contributed by atoms with Gasteiger partial charge in [0.1, 0.15) is 5.75 Å². The van der Waals surface area contributed by atoms with Crippen LogP contribution in [0.2, 0.25) is 5.02 Å². The molecule has 4 rings (SSSR count). The number of halogens is 4. The minimum Gasteiger partial charge on any atom is -0.493 e. The first-order valence-corrected chi connectivity index (χ1v) is 11.2. The van der Waals surface area contributed by atoms with Crippen molar-refractivity contribution in [2.45, 2.75) is 25.1 Å². The number of carboxylic acids is 1. The molecule has 0 aliphatic heterocycles. The second-order valence-electron chi connectivity index (χ2n) is 8.24. The van der Waals surface area contributed by atoms with Crippen LogP contribution in [0.15, 0.2) is 66.7 Å². The molecule has 3 aromatic carbocycles. The highest BCUT2D eigenvalue weighted by Gasteiger charge is 2.39. The van der Waals surface area contributed by atoms with Crippen molar-refractivity contribution < 1.29 is 32.6 Å². The number of hydrogen-bond acceptors (Lipinski definition) is 3. The second-order valence-corrected chi connectivity index (χ2v) is 8.67. The number of rotatable bonds is 7. The van der Waals surface area contributed by atoms with Crippen LogP contribution in [0, 0.1) is 5.92 Å². The van der Waals surface area contributed by atoms with Gasteiger partial charge >= 0.3 is 12.1 Å². The smallest absolute Gasteiger partial charge is 0.419 e. The lowest BCUT2D eigenvalue weighted by atomic mass is 10.00. The van der Waals surface area contributed by atoms with Crippen LogP contribution in [-0.2, 0) is 23.8 Å². The quantitative estimate of drug-likeness (QED) is 0.433. The number of nitrogens with one attached hydrogen (secondary N) is 1. The van der Waals surface area contributed by atoms with Gasteiger partial charge in [0.2, 0.25) is 0 Å². The van der Waals surface area contributed by atoms with Crippen LogP contribution in [-0.4, -0.2) is 23.6 Å². The Morgan fingerprint density at radius 2 is 1.83 bits per heavy atom. The van der Waals surface area contributed by atoms with Crippen molar-refractivity contribution in [3.05, 3.63) is 99.6 Å². The molecule has 182 valence electrons. The zero-order valence-electron chi connectivity index (χ0n) is 18.3. The van der Waals surface area contributed by atoms with Gasteiger partial charge in [0.25, 0.3) is 5.91 Å². The first kappa shape index (κ1) is 24.6. The summed E-state index contributed by atoms with van der Waals surface area (Å²) >= 11 is 5.94. The van der Waals surface area contributed by atoms with E-state index >= 15 is 0 Å². The number of hydrogen-bond donors (Lipinski definition) is 2. The van der Waals surface area contributed by atoms with Crippen molar-refractivity contribution in [3.63, 3.8) is 0 Å². The first-order chi connectivity index (χ1) is 16.6. The topological polar surface area (TPSA) is 75.6 Å². The third kappa shape index (κ3) is 5.59. The molecule has 0 heterocycles. The Labute approximate surface area is 204 Å². The van der Waals surface area contributed by atoms with Crippen LogP contribution >= 0.6 is 11.6 Å². The average molecular weight is 504 g/mol. The van der Waals surface area contributed by atoms with E-state index in [-0.39, 0.29) is 18.6 Å². The molecule has 1 aliphatic carbocycles. The normalized spacial score (nSPS) is 17.0. The highest BCUT2D eigenvalue weighted by molar-refractivity contribution is 6.30. The Bertz CT molecular complexity index is 1260. The molecule has 1 amide bonds. The van der Waals surface area contributed by atoms with E-state index in [1.54, 1.807) is 48.5 Å². The molecule has 5 nitrogen and oxygen atoms in total. The standard InChI is InChI=1S/C26H21ClF3NO4/c27-18-6-3-4-15(12-18)10-11-35-22-14-17(8-9-21(22)26(28,29)30)24(32)31-23-19-7-2-1-5-16(19)13-20(23)25(33)34/h1-9,12,14,20,23H,10-11,13H2,(H,31,32)(H,33,34). The summed E-state index contributed by atoms with van der Waals surface area (Å²) in [6, 6.07) is 16.0. The maximum Gasteiger partial charge on any atom is 0.419 e. The van der Waals surface area contributed by atoms with Crippen molar-refractivity contribution in [2.24, 2.45) is 5.92 Å². The third-order valence-corrected chi connectivity index (χ3v) is 6.16. The molecule has 3 aromatic rings. The molecule has 0 saturated carbocycles. The first-order valence-electron chi connectivity index (χ1n) is 10.8. The number of ether oxygens (including phenoxy) is 1. The molecule has 2 unspecified atom stereocenters. The van der Waals surface area contributed by atoms with Crippen molar-refractivity contribution in [1.82, 2.24) is 5.32 Å². The SMILES string of the molecule is O=C(NC1c2ccccc2CC1C(=O)O)c1ccc(C(F)(F)F)c(OCCc2cccc(Cl)c2)c1. The van der Waals surface area contributed by atoms with Gasteiger partial charge in [0.05, 0.1) is 24.1 Å². The summed E-state index contributed by atoms with van der Waals surface area (Å²) in [6.45, 7) is -0.0639. The zero-order chi connectivity index (χ0) is 25.2. The fraction of sp³-hybridized carbons (Fsp3) is 0.231. The van der Waals surface area contributed by atoms with Gasteiger partial charge in [-0.1, -0.05) is 48.0 Å². The molecule has 0 bridgehead atoms. The largest absolute Gasteiger partial charge is 0.493 e. The molecule has 1 aliphatic rings. The number of carbonyl (C=O) groups is 2. The van der Waals surface area contributed by atoms with Crippen LogP contribution in [0.1, 0.15) is 38.7 Å². The van der Waals surface area contributed by atoms with Crippen LogP contribution < -0.4 is 10.1 Å². The number of carbonyl (C=O) groups excluding carboxylic acids is 1. The molecule has 0 aromatic heterocycles. The lowest BCUT2D eigenvalue weighted by Gasteiger charge is -2.20. The van der Waals surface area contributed by atoms with Gasteiger partial charge in [0.15, 0.2) is 0 Å². The fourth-order valence-corrected chi connectivity index (χ4v) is 4.43. The minimum atomic E-state index is -4.68. The van der Waals surface area contributed by atoms with Crippen LogP contribution in [0.25, 0.3) is 0 Å². The van der Waals surface area contributed by atoms with Crippen molar-refractivity contribution >= 4 is 23.5 Å². The van der Waals surface area contributed by atoms with Gasteiger partial charge in [-0.15, -0.1) is 0 Å². The van der Waals surface area contributed by atoms with E-state index in [4.69, 9.17) is 16.3 Å². The molecule has 2 atom stereocenters. The summed E-state index contributed by atoms with van der Waals surface area (Å²) in [6.07, 6.45) is -4.12. The summed E-state index contributed by atoms with van der Waals surface area (Å²) in [5.74, 6) is -3.11. The predicted octanol–water partition coefficient (Wildman–Crippen LogP) is 5.71. The predicted molar refractivity (Wildman–Crippen MR) is 124 cm³/mol. The van der Waals surface area contributed by atoms with E-state index in [1.807, 2.05) is 0 Å². The van der Waals surface area contributed by atoms with Gasteiger partial charge in [-0.2, -0.15) is 13.2 Å². The second kappa shape index (κ2) is 10.00. The number of benzene rings is 3. The van der Waals surface area contributed by atoms with E-state index in [0.717, 1.165) is 29.3 Å². The lowest BCUT2D eigenvalue weighted by Crippen LogP contribution is -2.34. The van der Waals surface area contributed by atoms with E-state index < -0.39 is 41.3 Å². The molecule has 0 spiro atoms. The minimum absolute atomic E-state index is 0.0639. The van der Waals surface area contributed by atoms with E-state index in [2.05, 4.69) is 5.32 Å². The molecule has 2 N–H and O–H groups in total. The Hall–Kier alpha value is -3.52. The van der Waals surface area contributed by atoms with Crippen LogP contribution in [0.4, 0.5) is 13.2 Å². The molecular weight excluding hydrogens is 483 g/mol. The summed E-state index contributed by atoms with van der Waals surface area (Å²) in [5, 5.41) is 12.8.